The molecule has 3 heteroatoms. The molecule has 1 heterocycles. The van der Waals surface area contributed by atoms with E-state index in [1.165, 1.54) is 0 Å². The van der Waals surface area contributed by atoms with Gasteiger partial charge in [0.25, 0.3) is 0 Å². The molecule has 1 aromatic carbocycles. The van der Waals surface area contributed by atoms with Crippen LogP contribution in [-0.4, -0.2) is 16.5 Å². The standard InChI is InChI=1S/C17H23NO2/c1-6-11(3)20-14-8-9-16-15(10-14)17(13(5)19)12(4)18(16)7-2/h8-11H,6-7H2,1-5H3/t11-/m1/s1. The second-order valence-corrected chi connectivity index (χ2v) is 5.28. The van der Waals surface area contributed by atoms with Crippen molar-refractivity contribution in [2.24, 2.45) is 0 Å². The van der Waals surface area contributed by atoms with Gasteiger partial charge in [-0.2, -0.15) is 0 Å². The lowest BCUT2D eigenvalue weighted by molar-refractivity contribution is 0.101. The van der Waals surface area contributed by atoms with Gasteiger partial charge in [-0.3, -0.25) is 4.79 Å². The third-order valence-electron chi connectivity index (χ3n) is 3.88. The van der Waals surface area contributed by atoms with Gasteiger partial charge in [0.1, 0.15) is 5.75 Å². The van der Waals surface area contributed by atoms with E-state index in [2.05, 4.69) is 31.4 Å². The highest BCUT2D eigenvalue weighted by Gasteiger charge is 2.17. The van der Waals surface area contributed by atoms with E-state index >= 15 is 0 Å². The Morgan fingerprint density at radius 3 is 2.60 bits per heavy atom. The molecule has 108 valence electrons. The third-order valence-corrected chi connectivity index (χ3v) is 3.88. The summed E-state index contributed by atoms with van der Waals surface area (Å²) in [7, 11) is 0. The Morgan fingerprint density at radius 1 is 1.35 bits per heavy atom. The second-order valence-electron chi connectivity index (χ2n) is 5.28. The number of hydrogen-bond donors (Lipinski definition) is 0. The first-order valence-electron chi connectivity index (χ1n) is 7.30. The van der Waals surface area contributed by atoms with E-state index in [1.807, 2.05) is 19.1 Å². The van der Waals surface area contributed by atoms with Crippen LogP contribution in [0.1, 0.15) is 50.2 Å². The zero-order valence-electron chi connectivity index (χ0n) is 13.0. The number of hydrogen-bond acceptors (Lipinski definition) is 2. The number of nitrogens with zero attached hydrogens (tertiary/aromatic N) is 1. The number of fused-ring (bicyclic) bond motifs is 1. The van der Waals surface area contributed by atoms with Crippen molar-refractivity contribution in [1.29, 1.82) is 0 Å². The minimum atomic E-state index is 0.111. The Morgan fingerprint density at radius 2 is 2.05 bits per heavy atom. The fourth-order valence-corrected chi connectivity index (χ4v) is 2.70. The van der Waals surface area contributed by atoms with E-state index in [4.69, 9.17) is 4.74 Å². The summed E-state index contributed by atoms with van der Waals surface area (Å²) in [6.45, 7) is 10.8. The zero-order valence-corrected chi connectivity index (χ0v) is 13.0. The number of Topliss-reactive ketones (excluding diaryl/α,β-unsaturated/α-hetero) is 1. The number of carbonyl (C=O) groups excluding carboxylic acids is 1. The van der Waals surface area contributed by atoms with Gasteiger partial charge in [0, 0.05) is 28.7 Å². The van der Waals surface area contributed by atoms with E-state index in [9.17, 15) is 4.79 Å². The van der Waals surface area contributed by atoms with E-state index in [1.54, 1.807) is 6.92 Å². The Hall–Kier alpha value is -1.77. The summed E-state index contributed by atoms with van der Waals surface area (Å²) >= 11 is 0. The van der Waals surface area contributed by atoms with Gasteiger partial charge >= 0.3 is 0 Å². The summed E-state index contributed by atoms with van der Waals surface area (Å²) < 4.78 is 8.05. The maximum Gasteiger partial charge on any atom is 0.162 e. The summed E-state index contributed by atoms with van der Waals surface area (Å²) in [5.74, 6) is 0.947. The number of aryl methyl sites for hydroxylation is 1. The van der Waals surface area contributed by atoms with E-state index in [0.717, 1.165) is 40.9 Å². The van der Waals surface area contributed by atoms with Crippen LogP contribution in [0.25, 0.3) is 10.9 Å². The Balaban J connectivity index is 2.61. The zero-order chi connectivity index (χ0) is 14.9. The Bertz CT molecular complexity index is 640. The van der Waals surface area contributed by atoms with Gasteiger partial charge < -0.3 is 9.30 Å². The average molecular weight is 273 g/mol. The number of aromatic nitrogens is 1. The first kappa shape index (κ1) is 14.6. The molecule has 1 atom stereocenters. The molecule has 2 aromatic rings. The van der Waals surface area contributed by atoms with Crippen LogP contribution in [0.2, 0.25) is 0 Å². The molecule has 0 aliphatic carbocycles. The molecule has 0 bridgehead atoms. The van der Waals surface area contributed by atoms with Crippen molar-refractivity contribution >= 4 is 16.7 Å². The SMILES string of the molecule is CC[C@@H](C)Oc1ccc2c(c1)c(C(C)=O)c(C)n2CC. The predicted octanol–water partition coefficient (Wildman–Crippen LogP) is 4.35. The summed E-state index contributed by atoms with van der Waals surface area (Å²) in [4.78, 5) is 11.9. The summed E-state index contributed by atoms with van der Waals surface area (Å²) in [5.41, 5.74) is 2.96. The fourth-order valence-electron chi connectivity index (χ4n) is 2.70. The van der Waals surface area contributed by atoms with Crippen LogP contribution in [0.15, 0.2) is 18.2 Å². The summed E-state index contributed by atoms with van der Waals surface area (Å²) in [6.07, 6.45) is 1.15. The first-order valence-corrected chi connectivity index (χ1v) is 7.30. The average Bonchev–Trinajstić information content (AvgIpc) is 2.69. The number of benzene rings is 1. The van der Waals surface area contributed by atoms with Gasteiger partial charge in [-0.25, -0.2) is 0 Å². The maximum atomic E-state index is 11.9. The van der Waals surface area contributed by atoms with Crippen LogP contribution in [0.3, 0.4) is 0 Å². The molecule has 0 N–H and O–H groups in total. The van der Waals surface area contributed by atoms with Crippen molar-refractivity contribution in [3.63, 3.8) is 0 Å². The van der Waals surface area contributed by atoms with Crippen LogP contribution < -0.4 is 4.74 Å². The van der Waals surface area contributed by atoms with Gasteiger partial charge in [0.15, 0.2) is 5.78 Å². The van der Waals surface area contributed by atoms with E-state index < -0.39 is 0 Å². The van der Waals surface area contributed by atoms with Gasteiger partial charge in [0.2, 0.25) is 0 Å². The molecule has 0 saturated carbocycles. The van der Waals surface area contributed by atoms with E-state index in [0.29, 0.717) is 0 Å². The van der Waals surface area contributed by atoms with Crippen LogP contribution in [0.5, 0.6) is 5.75 Å². The van der Waals surface area contributed by atoms with Crippen LogP contribution in [-0.2, 0) is 6.54 Å². The largest absolute Gasteiger partial charge is 0.491 e. The Labute approximate surface area is 120 Å². The lowest BCUT2D eigenvalue weighted by atomic mass is 10.1. The minimum absolute atomic E-state index is 0.111. The highest BCUT2D eigenvalue weighted by Crippen LogP contribution is 2.30. The highest BCUT2D eigenvalue weighted by atomic mass is 16.5. The minimum Gasteiger partial charge on any atom is -0.491 e. The number of rotatable bonds is 5. The molecule has 0 saturated heterocycles. The molecule has 20 heavy (non-hydrogen) atoms. The number of carbonyl (C=O) groups is 1. The topological polar surface area (TPSA) is 31.2 Å². The monoisotopic (exact) mass is 273 g/mol. The molecule has 0 fully saturated rings. The summed E-state index contributed by atoms with van der Waals surface area (Å²) in [6, 6.07) is 6.04. The van der Waals surface area contributed by atoms with Crippen molar-refractivity contribution in [3.05, 3.63) is 29.5 Å². The smallest absolute Gasteiger partial charge is 0.162 e. The van der Waals surface area contributed by atoms with Crippen molar-refractivity contribution in [2.75, 3.05) is 0 Å². The molecule has 2 rings (SSSR count). The number of ether oxygens (including phenoxy) is 1. The first-order chi connectivity index (χ1) is 9.49. The number of ketones is 1. The molecule has 0 amide bonds. The highest BCUT2D eigenvalue weighted by molar-refractivity contribution is 6.08. The van der Waals surface area contributed by atoms with Crippen molar-refractivity contribution in [3.8, 4) is 5.75 Å². The molecule has 0 spiro atoms. The van der Waals surface area contributed by atoms with Crippen LogP contribution in [0.4, 0.5) is 0 Å². The van der Waals surface area contributed by atoms with Gasteiger partial charge in [0.05, 0.1) is 6.10 Å². The predicted molar refractivity (Wildman–Crippen MR) is 82.7 cm³/mol. The van der Waals surface area contributed by atoms with Gasteiger partial charge in [-0.15, -0.1) is 0 Å². The molecule has 0 radical (unpaired) electrons. The molecule has 1 aromatic heterocycles. The molecular formula is C17H23NO2. The normalized spacial score (nSPS) is 12.7. The molecule has 0 aliphatic rings. The quantitative estimate of drug-likeness (QED) is 0.758. The molecule has 3 nitrogen and oxygen atoms in total. The van der Waals surface area contributed by atoms with Gasteiger partial charge in [-0.05, 0) is 52.3 Å². The lowest BCUT2D eigenvalue weighted by Crippen LogP contribution is -2.09. The second kappa shape index (κ2) is 5.70. The van der Waals surface area contributed by atoms with Crippen molar-refractivity contribution < 1.29 is 9.53 Å². The molecule has 0 unspecified atom stereocenters. The lowest BCUT2D eigenvalue weighted by Gasteiger charge is -2.12. The summed E-state index contributed by atoms with van der Waals surface area (Å²) in [5, 5.41) is 0.998. The van der Waals surface area contributed by atoms with Crippen LogP contribution >= 0.6 is 0 Å². The Kier molecular flexibility index (Phi) is 4.17. The van der Waals surface area contributed by atoms with E-state index in [-0.39, 0.29) is 11.9 Å². The third kappa shape index (κ3) is 2.45. The fraction of sp³-hybridized carbons (Fsp3) is 0.471. The van der Waals surface area contributed by atoms with Crippen LogP contribution in [0, 0.1) is 6.92 Å². The van der Waals surface area contributed by atoms with Gasteiger partial charge in [-0.1, -0.05) is 6.92 Å². The molecule has 0 aliphatic heterocycles. The molecular weight excluding hydrogens is 250 g/mol. The van der Waals surface area contributed by atoms with Crippen molar-refractivity contribution in [1.82, 2.24) is 4.57 Å². The van der Waals surface area contributed by atoms with Crippen molar-refractivity contribution in [2.45, 2.75) is 53.7 Å². The maximum absolute atomic E-state index is 11.9.